The molecule has 7 heteroatoms. The Morgan fingerprint density at radius 1 is 1.00 bits per heavy atom. The van der Waals surface area contributed by atoms with Gasteiger partial charge in [0.1, 0.15) is 5.82 Å². The van der Waals surface area contributed by atoms with Crippen LogP contribution in [-0.2, 0) is 16.0 Å². The van der Waals surface area contributed by atoms with E-state index in [1.807, 2.05) is 17.0 Å². The normalized spacial score (nSPS) is 10.8. The molecule has 170 valence electrons. The minimum Gasteiger partial charge on any atom is -0.346 e. The van der Waals surface area contributed by atoms with Crippen LogP contribution in [0.5, 0.6) is 0 Å². The highest BCUT2D eigenvalue weighted by Gasteiger charge is 2.14. The summed E-state index contributed by atoms with van der Waals surface area (Å²) in [6.07, 6.45) is 4.86. The Bertz CT molecular complexity index is 830. The first-order valence-corrected chi connectivity index (χ1v) is 11.3. The Morgan fingerprint density at radius 3 is 2.39 bits per heavy atom. The minimum absolute atomic E-state index is 0.0652. The molecule has 1 aromatic heterocycles. The fraction of sp³-hybridized carbons (Fsp3) is 0.542. The van der Waals surface area contributed by atoms with Crippen molar-refractivity contribution in [2.45, 2.75) is 58.8 Å². The van der Waals surface area contributed by atoms with Gasteiger partial charge in [-0.15, -0.1) is 0 Å². The van der Waals surface area contributed by atoms with Crippen LogP contribution in [0.4, 0.5) is 4.39 Å². The summed E-state index contributed by atoms with van der Waals surface area (Å²) in [6, 6.07) is 8.27. The van der Waals surface area contributed by atoms with Crippen LogP contribution in [0.2, 0.25) is 0 Å². The summed E-state index contributed by atoms with van der Waals surface area (Å²) in [7, 11) is 1.80. The van der Waals surface area contributed by atoms with Crippen molar-refractivity contribution in [3.63, 3.8) is 0 Å². The molecule has 1 aromatic carbocycles. The highest BCUT2D eigenvalue weighted by atomic mass is 19.1. The fourth-order valence-electron chi connectivity index (χ4n) is 3.56. The van der Waals surface area contributed by atoms with E-state index in [-0.39, 0.29) is 17.6 Å². The first-order valence-electron chi connectivity index (χ1n) is 11.3. The Kier molecular flexibility index (Phi) is 10.2. The lowest BCUT2D eigenvalue weighted by atomic mass is 10.1. The van der Waals surface area contributed by atoms with Crippen LogP contribution < -0.4 is 0 Å². The Hall–Kier alpha value is -2.70. The van der Waals surface area contributed by atoms with Gasteiger partial charge in [0, 0.05) is 50.8 Å². The number of carbonyl (C=O) groups excluding carboxylic acids is 2. The Balaban J connectivity index is 1.69. The van der Waals surface area contributed by atoms with E-state index in [1.54, 1.807) is 18.0 Å². The molecule has 0 unspecified atom stereocenters. The fourth-order valence-corrected chi connectivity index (χ4v) is 3.56. The monoisotopic (exact) mass is 430 g/mol. The smallest absolute Gasteiger partial charge is 0.222 e. The standard InChI is InChI=1S/C24H35FN4O2/c1-4-14-29(15-5-2)24(31)13-7-12-23(30)28(3)16-8-11-21-18-22(27-26-21)19-9-6-10-20(25)17-19/h6,9-10,17-18H,4-5,7-8,11-16H2,1-3H3,(H,26,27). The molecule has 0 saturated carbocycles. The van der Waals surface area contributed by atoms with Gasteiger partial charge in [-0.2, -0.15) is 5.10 Å². The molecule has 0 aliphatic carbocycles. The largest absolute Gasteiger partial charge is 0.346 e. The first-order chi connectivity index (χ1) is 14.9. The maximum atomic E-state index is 13.4. The molecule has 6 nitrogen and oxygen atoms in total. The molecule has 0 aliphatic heterocycles. The first kappa shape index (κ1) is 24.6. The van der Waals surface area contributed by atoms with Crippen molar-refractivity contribution in [2.75, 3.05) is 26.7 Å². The van der Waals surface area contributed by atoms with Crippen LogP contribution in [0, 0.1) is 5.82 Å². The number of aromatic amines is 1. The molecule has 0 radical (unpaired) electrons. The average Bonchev–Trinajstić information content (AvgIpc) is 3.22. The van der Waals surface area contributed by atoms with Gasteiger partial charge in [-0.25, -0.2) is 4.39 Å². The van der Waals surface area contributed by atoms with Gasteiger partial charge in [-0.05, 0) is 50.3 Å². The second kappa shape index (κ2) is 12.9. The number of benzene rings is 1. The maximum Gasteiger partial charge on any atom is 0.222 e. The molecule has 2 rings (SSSR count). The summed E-state index contributed by atoms with van der Waals surface area (Å²) in [6.45, 7) is 6.35. The number of amides is 2. The molecule has 0 bridgehead atoms. The molecule has 2 aromatic rings. The molecule has 1 heterocycles. The molecule has 0 atom stereocenters. The summed E-state index contributed by atoms with van der Waals surface area (Å²) < 4.78 is 13.4. The van der Waals surface area contributed by atoms with Crippen LogP contribution in [0.25, 0.3) is 11.3 Å². The highest BCUT2D eigenvalue weighted by Crippen LogP contribution is 2.19. The van der Waals surface area contributed by atoms with Gasteiger partial charge in [0.15, 0.2) is 0 Å². The summed E-state index contributed by atoms with van der Waals surface area (Å²) in [5.74, 6) is -0.0739. The molecule has 0 saturated heterocycles. The molecule has 2 amide bonds. The third kappa shape index (κ3) is 8.15. The van der Waals surface area contributed by atoms with Crippen molar-refractivity contribution in [1.29, 1.82) is 0 Å². The molecule has 0 fully saturated rings. The number of hydrogen-bond donors (Lipinski definition) is 1. The van der Waals surface area contributed by atoms with Gasteiger partial charge >= 0.3 is 0 Å². The number of aryl methyl sites for hydroxylation is 1. The van der Waals surface area contributed by atoms with Crippen LogP contribution in [-0.4, -0.2) is 58.5 Å². The molecule has 0 spiro atoms. The average molecular weight is 431 g/mol. The summed E-state index contributed by atoms with van der Waals surface area (Å²) in [4.78, 5) is 28.3. The molecular formula is C24H35FN4O2. The van der Waals surface area contributed by atoms with Crippen molar-refractivity contribution in [3.8, 4) is 11.3 Å². The van der Waals surface area contributed by atoms with Gasteiger partial charge in [0.05, 0.1) is 5.69 Å². The Labute approximate surface area is 184 Å². The van der Waals surface area contributed by atoms with E-state index in [1.165, 1.54) is 12.1 Å². The van der Waals surface area contributed by atoms with Crippen LogP contribution >= 0.6 is 0 Å². The minimum atomic E-state index is -0.285. The summed E-state index contributed by atoms with van der Waals surface area (Å²) in [5, 5.41) is 7.24. The highest BCUT2D eigenvalue weighted by molar-refractivity contribution is 5.79. The molecular weight excluding hydrogens is 395 g/mol. The van der Waals surface area contributed by atoms with E-state index in [2.05, 4.69) is 24.0 Å². The predicted octanol–water partition coefficient (Wildman–Crippen LogP) is 4.43. The number of carbonyl (C=O) groups is 2. The van der Waals surface area contributed by atoms with E-state index >= 15 is 0 Å². The van der Waals surface area contributed by atoms with Gasteiger partial charge < -0.3 is 9.80 Å². The molecule has 31 heavy (non-hydrogen) atoms. The third-order valence-corrected chi connectivity index (χ3v) is 5.24. The van der Waals surface area contributed by atoms with Gasteiger partial charge in [0.2, 0.25) is 11.8 Å². The number of H-pyrrole nitrogens is 1. The lowest BCUT2D eigenvalue weighted by Gasteiger charge is -2.22. The lowest BCUT2D eigenvalue weighted by molar-refractivity contribution is -0.132. The number of hydrogen-bond acceptors (Lipinski definition) is 3. The number of nitrogens with one attached hydrogen (secondary N) is 1. The van der Waals surface area contributed by atoms with E-state index in [0.29, 0.717) is 31.5 Å². The predicted molar refractivity (Wildman–Crippen MR) is 121 cm³/mol. The van der Waals surface area contributed by atoms with Crippen LogP contribution in [0.15, 0.2) is 30.3 Å². The van der Waals surface area contributed by atoms with Crippen LogP contribution in [0.3, 0.4) is 0 Å². The quantitative estimate of drug-likeness (QED) is 0.511. The zero-order chi connectivity index (χ0) is 22.6. The number of nitrogens with zero attached hydrogens (tertiary/aromatic N) is 3. The summed E-state index contributed by atoms with van der Waals surface area (Å²) in [5.41, 5.74) is 2.40. The van der Waals surface area contributed by atoms with Crippen molar-refractivity contribution in [1.82, 2.24) is 20.0 Å². The lowest BCUT2D eigenvalue weighted by Crippen LogP contribution is -2.33. The second-order valence-electron chi connectivity index (χ2n) is 7.94. The zero-order valence-corrected chi connectivity index (χ0v) is 19.0. The van der Waals surface area contributed by atoms with Crippen molar-refractivity contribution in [3.05, 3.63) is 41.8 Å². The SMILES string of the molecule is CCCN(CCC)C(=O)CCCC(=O)N(C)CCCc1cc(-c2cccc(F)c2)n[nH]1. The number of aromatic nitrogens is 2. The van der Waals surface area contributed by atoms with Crippen molar-refractivity contribution < 1.29 is 14.0 Å². The Morgan fingerprint density at radius 2 is 1.71 bits per heavy atom. The second-order valence-corrected chi connectivity index (χ2v) is 7.94. The van der Waals surface area contributed by atoms with E-state index in [9.17, 15) is 14.0 Å². The van der Waals surface area contributed by atoms with E-state index in [0.717, 1.165) is 50.0 Å². The van der Waals surface area contributed by atoms with E-state index < -0.39 is 0 Å². The van der Waals surface area contributed by atoms with Crippen LogP contribution in [0.1, 0.15) is 58.1 Å². The van der Waals surface area contributed by atoms with Gasteiger partial charge in [-0.3, -0.25) is 14.7 Å². The topological polar surface area (TPSA) is 69.3 Å². The van der Waals surface area contributed by atoms with Gasteiger partial charge in [0.25, 0.3) is 0 Å². The van der Waals surface area contributed by atoms with Crippen molar-refractivity contribution >= 4 is 11.8 Å². The number of halogens is 1. The van der Waals surface area contributed by atoms with Gasteiger partial charge in [-0.1, -0.05) is 26.0 Å². The summed E-state index contributed by atoms with van der Waals surface area (Å²) >= 11 is 0. The van der Waals surface area contributed by atoms with Crippen molar-refractivity contribution in [2.24, 2.45) is 0 Å². The zero-order valence-electron chi connectivity index (χ0n) is 19.0. The number of rotatable bonds is 13. The molecule has 1 N–H and O–H groups in total. The maximum absolute atomic E-state index is 13.4. The van der Waals surface area contributed by atoms with E-state index in [4.69, 9.17) is 0 Å². The molecule has 0 aliphatic rings. The third-order valence-electron chi connectivity index (χ3n) is 5.24.